The van der Waals surface area contributed by atoms with Crippen LogP contribution in [0.25, 0.3) is 0 Å². The van der Waals surface area contributed by atoms with Crippen LogP contribution >= 0.6 is 0 Å². The molecule has 0 aliphatic rings. The van der Waals surface area contributed by atoms with Gasteiger partial charge in [0.2, 0.25) is 0 Å². The molecule has 0 fully saturated rings. The lowest BCUT2D eigenvalue weighted by Crippen LogP contribution is -2.38. The average Bonchev–Trinajstić information content (AvgIpc) is 2.24. The van der Waals surface area contributed by atoms with E-state index in [1.54, 1.807) is 0 Å². The molecule has 0 bridgehead atoms. The lowest BCUT2D eigenvalue weighted by atomic mass is 10.2. The average molecular weight is 234 g/mol. The number of hydrogen-bond acceptors (Lipinski definition) is 4. The summed E-state index contributed by atoms with van der Waals surface area (Å²) in [4.78, 5) is 0. The summed E-state index contributed by atoms with van der Waals surface area (Å²) in [5, 5.41) is 3.42. The van der Waals surface area contributed by atoms with Crippen LogP contribution in [0.3, 0.4) is 0 Å². The first kappa shape index (κ1) is 15.1. The maximum absolute atomic E-state index is 5.64. The molecule has 1 atom stereocenters. The Morgan fingerprint density at radius 3 is 2.20 bits per heavy atom. The molecule has 0 saturated carbocycles. The molecule has 3 N–H and O–H groups in total. The molecule has 0 aromatic carbocycles. The molecule has 92 valence electrons. The quantitative estimate of drug-likeness (QED) is 0.544. The van der Waals surface area contributed by atoms with E-state index in [9.17, 15) is 0 Å². The smallest absolute Gasteiger partial charge is 0.322 e. The zero-order valence-electron chi connectivity index (χ0n) is 10.3. The molecule has 0 amide bonds. The first-order valence-corrected chi connectivity index (χ1v) is 7.70. The number of nitrogens with two attached hydrogens (primary N) is 1. The van der Waals surface area contributed by atoms with Gasteiger partial charge in [0.25, 0.3) is 0 Å². The predicted octanol–water partition coefficient (Wildman–Crippen LogP) is 0.607. The molecule has 0 rings (SSSR count). The second-order valence-electron chi connectivity index (χ2n) is 3.42. The Kier molecular flexibility index (Phi) is 10.6. The molecular weight excluding hydrogens is 208 g/mol. The van der Waals surface area contributed by atoms with Crippen LogP contribution in [0.1, 0.15) is 27.2 Å². The van der Waals surface area contributed by atoms with Gasteiger partial charge in [0.15, 0.2) is 0 Å². The summed E-state index contributed by atoms with van der Waals surface area (Å²) in [6.45, 7) is 9.29. The van der Waals surface area contributed by atoms with E-state index >= 15 is 0 Å². The summed E-state index contributed by atoms with van der Waals surface area (Å²) in [6.07, 6.45) is 1.10. The molecule has 0 aromatic heterocycles. The third-order valence-corrected chi connectivity index (χ3v) is 4.62. The molecule has 15 heavy (non-hydrogen) atoms. The first-order chi connectivity index (χ1) is 7.28. The topological polar surface area (TPSA) is 56.5 Å². The van der Waals surface area contributed by atoms with E-state index in [2.05, 4.69) is 12.2 Å². The van der Waals surface area contributed by atoms with Crippen molar-refractivity contribution >= 4 is 9.28 Å². The molecule has 0 aliphatic carbocycles. The van der Waals surface area contributed by atoms with E-state index in [0.717, 1.165) is 32.2 Å². The fourth-order valence-electron chi connectivity index (χ4n) is 1.47. The van der Waals surface area contributed by atoms with Crippen molar-refractivity contribution in [3.05, 3.63) is 0 Å². The maximum atomic E-state index is 5.64. The lowest BCUT2D eigenvalue weighted by Gasteiger charge is -2.21. The van der Waals surface area contributed by atoms with E-state index in [4.69, 9.17) is 14.6 Å². The van der Waals surface area contributed by atoms with Crippen molar-refractivity contribution in [3.8, 4) is 0 Å². The summed E-state index contributed by atoms with van der Waals surface area (Å²) in [5.41, 5.74) is 5.47. The van der Waals surface area contributed by atoms with Crippen molar-refractivity contribution in [1.29, 1.82) is 0 Å². The fraction of sp³-hybridized carbons (Fsp3) is 1.00. The zero-order chi connectivity index (χ0) is 11.5. The number of nitrogens with one attached hydrogen (secondary N) is 1. The zero-order valence-corrected chi connectivity index (χ0v) is 11.4. The van der Waals surface area contributed by atoms with Crippen LogP contribution in [0.5, 0.6) is 0 Å². The third-order valence-electron chi connectivity index (χ3n) is 2.25. The molecule has 0 heterocycles. The standard InChI is InChI=1S/C10H26N2O2Si/c1-4-10(12-8-7-11)9-15(13-5-2)14-6-3/h10,12,15H,4-9,11H2,1-3H3. The van der Waals surface area contributed by atoms with Crippen LogP contribution in [0.4, 0.5) is 0 Å². The summed E-state index contributed by atoms with van der Waals surface area (Å²) in [7, 11) is -1.46. The molecule has 1 unspecified atom stereocenters. The SMILES string of the molecule is CCO[SiH](CC(CC)NCCN)OCC. The fourth-order valence-corrected chi connectivity index (χ4v) is 3.55. The van der Waals surface area contributed by atoms with E-state index in [-0.39, 0.29) is 0 Å². The van der Waals surface area contributed by atoms with Crippen molar-refractivity contribution in [2.45, 2.75) is 39.3 Å². The minimum absolute atomic E-state index is 0.489. The molecular formula is C10H26N2O2Si. The Hall–Kier alpha value is 0.0569. The van der Waals surface area contributed by atoms with E-state index in [1.807, 2.05) is 13.8 Å². The van der Waals surface area contributed by atoms with E-state index in [1.165, 1.54) is 0 Å². The van der Waals surface area contributed by atoms with Crippen molar-refractivity contribution in [3.63, 3.8) is 0 Å². The summed E-state index contributed by atoms with van der Waals surface area (Å²) >= 11 is 0. The van der Waals surface area contributed by atoms with Gasteiger partial charge in [-0.15, -0.1) is 0 Å². The van der Waals surface area contributed by atoms with E-state index < -0.39 is 9.28 Å². The highest BCUT2D eigenvalue weighted by atomic mass is 28.3. The Bertz CT molecular complexity index is 133. The highest BCUT2D eigenvalue weighted by Crippen LogP contribution is 2.05. The van der Waals surface area contributed by atoms with Gasteiger partial charge in [-0.3, -0.25) is 0 Å². The highest BCUT2D eigenvalue weighted by Gasteiger charge is 2.17. The minimum atomic E-state index is -1.46. The third kappa shape index (κ3) is 7.93. The molecule has 0 aliphatic heterocycles. The molecule has 0 aromatic rings. The Morgan fingerprint density at radius 2 is 1.80 bits per heavy atom. The van der Waals surface area contributed by atoms with Crippen LogP contribution in [-0.4, -0.2) is 41.6 Å². The van der Waals surface area contributed by atoms with Crippen molar-refractivity contribution in [2.24, 2.45) is 5.73 Å². The molecule has 4 nitrogen and oxygen atoms in total. The van der Waals surface area contributed by atoms with Crippen LogP contribution in [0, 0.1) is 0 Å². The summed E-state index contributed by atoms with van der Waals surface area (Å²) in [5.74, 6) is 0. The highest BCUT2D eigenvalue weighted by molar-refractivity contribution is 6.44. The van der Waals surface area contributed by atoms with E-state index in [0.29, 0.717) is 12.6 Å². The van der Waals surface area contributed by atoms with Crippen LogP contribution in [0.2, 0.25) is 6.04 Å². The van der Waals surface area contributed by atoms with Gasteiger partial charge in [0.1, 0.15) is 0 Å². The van der Waals surface area contributed by atoms with Crippen molar-refractivity contribution in [1.82, 2.24) is 5.32 Å². The van der Waals surface area contributed by atoms with Crippen molar-refractivity contribution in [2.75, 3.05) is 26.3 Å². The van der Waals surface area contributed by atoms with Crippen LogP contribution in [0.15, 0.2) is 0 Å². The molecule has 0 radical (unpaired) electrons. The Labute approximate surface area is 95.4 Å². The Morgan fingerprint density at radius 1 is 1.20 bits per heavy atom. The monoisotopic (exact) mass is 234 g/mol. The Balaban J connectivity index is 3.85. The maximum Gasteiger partial charge on any atom is 0.322 e. The van der Waals surface area contributed by atoms with Gasteiger partial charge in [-0.2, -0.15) is 0 Å². The largest absolute Gasteiger partial charge is 0.397 e. The van der Waals surface area contributed by atoms with Crippen LogP contribution < -0.4 is 11.1 Å². The number of hydrogen-bond donors (Lipinski definition) is 2. The molecule has 0 saturated heterocycles. The van der Waals surface area contributed by atoms with Gasteiger partial charge in [-0.05, 0) is 20.3 Å². The predicted molar refractivity (Wildman–Crippen MR) is 66.3 cm³/mol. The summed E-state index contributed by atoms with van der Waals surface area (Å²) < 4.78 is 11.3. The van der Waals surface area contributed by atoms with Gasteiger partial charge >= 0.3 is 9.28 Å². The second kappa shape index (κ2) is 10.6. The first-order valence-electron chi connectivity index (χ1n) is 5.95. The van der Waals surface area contributed by atoms with Crippen LogP contribution in [-0.2, 0) is 8.85 Å². The molecule has 0 spiro atoms. The minimum Gasteiger partial charge on any atom is -0.397 e. The van der Waals surface area contributed by atoms with Gasteiger partial charge in [0.05, 0.1) is 0 Å². The summed E-state index contributed by atoms with van der Waals surface area (Å²) in [6, 6.07) is 1.52. The second-order valence-corrected chi connectivity index (χ2v) is 5.42. The van der Waals surface area contributed by atoms with Gasteiger partial charge in [-0.25, -0.2) is 0 Å². The van der Waals surface area contributed by atoms with Gasteiger partial charge in [0, 0.05) is 38.4 Å². The lowest BCUT2D eigenvalue weighted by molar-refractivity contribution is 0.209. The van der Waals surface area contributed by atoms with Gasteiger partial charge < -0.3 is 19.9 Å². The van der Waals surface area contributed by atoms with Crippen molar-refractivity contribution < 1.29 is 8.85 Å². The molecule has 5 heteroatoms. The number of rotatable bonds is 10. The van der Waals surface area contributed by atoms with Gasteiger partial charge in [-0.1, -0.05) is 6.92 Å². The normalized spacial score (nSPS) is 13.4.